The maximum atomic E-state index is 12.1. The zero-order valence-electron chi connectivity index (χ0n) is 11.1. The monoisotopic (exact) mass is 298 g/mol. The molecule has 1 aliphatic rings. The summed E-state index contributed by atoms with van der Waals surface area (Å²) in [6.07, 6.45) is 0. The third-order valence-electron chi connectivity index (χ3n) is 2.77. The van der Waals surface area contributed by atoms with Gasteiger partial charge in [0.25, 0.3) is 0 Å². The van der Waals surface area contributed by atoms with Crippen LogP contribution in [0, 0.1) is 6.92 Å². The molecule has 108 valence electrons. The average molecular weight is 298 g/mol. The largest absolute Gasteiger partial charge is 0.465 e. The van der Waals surface area contributed by atoms with Crippen molar-refractivity contribution in [2.75, 3.05) is 20.3 Å². The highest BCUT2D eigenvalue weighted by Gasteiger charge is 2.28. The molecule has 0 unspecified atom stereocenters. The molecule has 0 atom stereocenters. The predicted molar refractivity (Wildman–Crippen MR) is 69.3 cm³/mol. The summed E-state index contributed by atoms with van der Waals surface area (Å²) in [5, 5.41) is 0. The van der Waals surface area contributed by atoms with Gasteiger partial charge in [-0.15, -0.1) is 0 Å². The van der Waals surface area contributed by atoms with Gasteiger partial charge < -0.3 is 13.7 Å². The Bertz CT molecular complexity index is 642. The Morgan fingerprint density at radius 3 is 2.45 bits per heavy atom. The third-order valence-corrected chi connectivity index (χ3v) is 4.04. The summed E-state index contributed by atoms with van der Waals surface area (Å²) in [4.78, 5) is 11.5. The summed E-state index contributed by atoms with van der Waals surface area (Å²) in [7, 11) is -2.77. The second-order valence-electron chi connectivity index (χ2n) is 4.24. The van der Waals surface area contributed by atoms with E-state index in [1.165, 1.54) is 19.2 Å². The molecule has 1 aromatic carbocycles. The minimum Gasteiger partial charge on any atom is -0.465 e. The summed E-state index contributed by atoms with van der Waals surface area (Å²) in [6, 6.07) is 6.21. The van der Waals surface area contributed by atoms with Gasteiger partial charge in [0.1, 0.15) is 17.1 Å². The van der Waals surface area contributed by atoms with Crippen LogP contribution in [0.3, 0.4) is 0 Å². The van der Waals surface area contributed by atoms with Crippen LogP contribution in [0.4, 0.5) is 0 Å². The van der Waals surface area contributed by atoms with E-state index in [4.69, 9.17) is 8.92 Å². The van der Waals surface area contributed by atoms with E-state index in [1.54, 1.807) is 12.1 Å². The molecule has 0 saturated heterocycles. The number of carbonyl (C=O) groups is 1. The zero-order valence-corrected chi connectivity index (χ0v) is 11.9. The van der Waals surface area contributed by atoms with E-state index in [9.17, 15) is 13.2 Å². The van der Waals surface area contributed by atoms with Gasteiger partial charge in [-0.2, -0.15) is 8.42 Å². The number of methoxy groups -OCH3 is 1. The zero-order chi connectivity index (χ0) is 14.8. The van der Waals surface area contributed by atoms with Crippen LogP contribution in [0.5, 0.6) is 0 Å². The van der Waals surface area contributed by atoms with E-state index in [0.29, 0.717) is 0 Å². The molecule has 0 fully saturated rings. The lowest BCUT2D eigenvalue weighted by Crippen LogP contribution is -2.12. The van der Waals surface area contributed by atoms with Gasteiger partial charge in [-0.3, -0.25) is 0 Å². The van der Waals surface area contributed by atoms with Crippen molar-refractivity contribution in [2.45, 2.75) is 11.8 Å². The van der Waals surface area contributed by atoms with Gasteiger partial charge in [0.15, 0.2) is 5.76 Å². The van der Waals surface area contributed by atoms with Gasteiger partial charge in [-0.05, 0) is 19.1 Å². The first-order chi connectivity index (χ1) is 9.44. The Labute approximate surface area is 117 Å². The van der Waals surface area contributed by atoms with E-state index >= 15 is 0 Å². The standard InChI is InChI=1S/C13H14O6S/c1-9-3-5-10(6-4-9)20(15,16)19-12-8-18-7-11(12)13(14)17-2/h3-6H,7-8H2,1-2H3. The molecule has 1 heterocycles. The van der Waals surface area contributed by atoms with Crippen LogP contribution in [-0.4, -0.2) is 34.7 Å². The Balaban J connectivity index is 2.28. The number of rotatable bonds is 4. The van der Waals surface area contributed by atoms with Gasteiger partial charge in [-0.1, -0.05) is 17.7 Å². The predicted octanol–water partition coefficient (Wildman–Crippen LogP) is 1.16. The maximum Gasteiger partial charge on any atom is 0.339 e. The number of esters is 1. The van der Waals surface area contributed by atoms with Crippen LogP contribution in [0.2, 0.25) is 0 Å². The summed E-state index contributed by atoms with van der Waals surface area (Å²) >= 11 is 0. The van der Waals surface area contributed by atoms with Crippen LogP contribution in [-0.2, 0) is 28.6 Å². The molecular formula is C13H14O6S. The lowest BCUT2D eigenvalue weighted by Gasteiger charge is -2.08. The normalized spacial score (nSPS) is 15.3. The summed E-state index contributed by atoms with van der Waals surface area (Å²) < 4.78 is 38.7. The molecule has 1 aromatic rings. The fourth-order valence-electron chi connectivity index (χ4n) is 1.67. The molecule has 20 heavy (non-hydrogen) atoms. The van der Waals surface area contributed by atoms with E-state index in [0.717, 1.165) is 5.56 Å². The number of carbonyl (C=O) groups excluding carboxylic acids is 1. The molecule has 0 amide bonds. The lowest BCUT2D eigenvalue weighted by atomic mass is 10.2. The highest BCUT2D eigenvalue weighted by atomic mass is 32.2. The van der Waals surface area contributed by atoms with E-state index in [-0.39, 0.29) is 29.4 Å². The van der Waals surface area contributed by atoms with Crippen molar-refractivity contribution >= 4 is 16.1 Å². The van der Waals surface area contributed by atoms with Crippen LogP contribution >= 0.6 is 0 Å². The van der Waals surface area contributed by atoms with Gasteiger partial charge >= 0.3 is 16.1 Å². The highest BCUT2D eigenvalue weighted by molar-refractivity contribution is 7.86. The van der Waals surface area contributed by atoms with Gasteiger partial charge in [0.05, 0.1) is 13.7 Å². The van der Waals surface area contributed by atoms with Crippen molar-refractivity contribution in [2.24, 2.45) is 0 Å². The molecule has 0 bridgehead atoms. The van der Waals surface area contributed by atoms with Crippen LogP contribution in [0.25, 0.3) is 0 Å². The third kappa shape index (κ3) is 3.00. The fraction of sp³-hybridized carbons (Fsp3) is 0.308. The molecule has 1 aliphatic heterocycles. The molecule has 0 aromatic heterocycles. The number of aryl methyl sites for hydroxylation is 1. The number of benzene rings is 1. The SMILES string of the molecule is COC(=O)C1=C(OS(=O)(=O)c2ccc(C)cc2)COC1. The fourth-order valence-corrected chi connectivity index (χ4v) is 2.65. The summed E-state index contributed by atoms with van der Waals surface area (Å²) in [5.41, 5.74) is 1.02. The molecule has 0 N–H and O–H groups in total. The van der Waals surface area contributed by atoms with Gasteiger partial charge in [0.2, 0.25) is 0 Å². The molecular weight excluding hydrogens is 284 g/mol. The Hall–Kier alpha value is -1.86. The van der Waals surface area contributed by atoms with E-state index < -0.39 is 16.1 Å². The topological polar surface area (TPSA) is 78.9 Å². The van der Waals surface area contributed by atoms with Crippen molar-refractivity contribution < 1.29 is 26.9 Å². The molecule has 0 radical (unpaired) electrons. The average Bonchev–Trinajstić information content (AvgIpc) is 2.85. The highest BCUT2D eigenvalue weighted by Crippen LogP contribution is 2.23. The molecule has 0 spiro atoms. The number of hydrogen-bond acceptors (Lipinski definition) is 6. The number of hydrogen-bond donors (Lipinski definition) is 0. The summed E-state index contributed by atoms with van der Waals surface area (Å²) in [6.45, 7) is 1.75. The van der Waals surface area contributed by atoms with Gasteiger partial charge in [0, 0.05) is 0 Å². The molecule has 0 aliphatic carbocycles. The van der Waals surface area contributed by atoms with E-state index in [1.807, 2.05) is 6.92 Å². The smallest absolute Gasteiger partial charge is 0.339 e. The van der Waals surface area contributed by atoms with Crippen molar-refractivity contribution in [3.63, 3.8) is 0 Å². The first-order valence-corrected chi connectivity index (χ1v) is 7.24. The Morgan fingerprint density at radius 1 is 1.20 bits per heavy atom. The number of ether oxygens (including phenoxy) is 2. The van der Waals surface area contributed by atoms with Crippen molar-refractivity contribution in [3.05, 3.63) is 41.2 Å². The molecule has 0 saturated carbocycles. The Morgan fingerprint density at radius 2 is 1.85 bits per heavy atom. The van der Waals surface area contributed by atoms with Crippen LogP contribution in [0.1, 0.15) is 5.56 Å². The maximum absolute atomic E-state index is 12.1. The first-order valence-electron chi connectivity index (χ1n) is 5.83. The Kier molecular flexibility index (Phi) is 4.10. The van der Waals surface area contributed by atoms with Crippen molar-refractivity contribution in [1.82, 2.24) is 0 Å². The first kappa shape index (κ1) is 14.5. The van der Waals surface area contributed by atoms with Gasteiger partial charge in [-0.25, -0.2) is 4.79 Å². The van der Waals surface area contributed by atoms with Crippen molar-refractivity contribution in [3.8, 4) is 0 Å². The minimum atomic E-state index is -3.98. The quantitative estimate of drug-likeness (QED) is 0.613. The summed E-state index contributed by atoms with van der Waals surface area (Å²) in [5.74, 6) is -0.686. The van der Waals surface area contributed by atoms with Crippen molar-refractivity contribution in [1.29, 1.82) is 0 Å². The van der Waals surface area contributed by atoms with Crippen LogP contribution in [0.15, 0.2) is 40.5 Å². The molecule has 7 heteroatoms. The second kappa shape index (κ2) is 5.64. The van der Waals surface area contributed by atoms with E-state index in [2.05, 4.69) is 4.74 Å². The lowest BCUT2D eigenvalue weighted by molar-refractivity contribution is -0.136. The second-order valence-corrected chi connectivity index (χ2v) is 5.78. The minimum absolute atomic E-state index is 0.0201. The molecule has 6 nitrogen and oxygen atoms in total. The van der Waals surface area contributed by atoms with Crippen LogP contribution < -0.4 is 0 Å². The molecule has 2 rings (SSSR count).